The van der Waals surface area contributed by atoms with Crippen molar-refractivity contribution in [1.82, 2.24) is 4.57 Å². The summed E-state index contributed by atoms with van der Waals surface area (Å²) in [6.07, 6.45) is 1.57. The first-order valence-electron chi connectivity index (χ1n) is 7.15. The Hall–Kier alpha value is -2.56. The standard InChI is InChI=1S/C17H20N2O3/c1-12(2)13-7-4-5-8-14(13)18-16(20)11-19-10-6-9-15(22-3)17(19)21/h4-10,12H,11H2,1-3H3,(H,18,20). The largest absolute Gasteiger partial charge is 0.491 e. The van der Waals surface area contributed by atoms with E-state index >= 15 is 0 Å². The number of nitrogens with zero attached hydrogens (tertiary/aromatic N) is 1. The molecule has 1 aromatic carbocycles. The van der Waals surface area contributed by atoms with Crippen molar-refractivity contribution < 1.29 is 9.53 Å². The molecule has 1 amide bonds. The van der Waals surface area contributed by atoms with E-state index in [-0.39, 0.29) is 23.8 Å². The molecule has 5 nitrogen and oxygen atoms in total. The fraction of sp³-hybridized carbons (Fsp3) is 0.294. The maximum Gasteiger partial charge on any atom is 0.293 e. The molecule has 0 fully saturated rings. The molecule has 0 atom stereocenters. The van der Waals surface area contributed by atoms with Gasteiger partial charge in [0.2, 0.25) is 5.91 Å². The SMILES string of the molecule is COc1cccn(CC(=O)Nc2ccccc2C(C)C)c1=O. The summed E-state index contributed by atoms with van der Waals surface area (Å²) < 4.78 is 6.30. The van der Waals surface area contributed by atoms with E-state index in [9.17, 15) is 9.59 Å². The number of nitrogens with one attached hydrogen (secondary N) is 1. The smallest absolute Gasteiger partial charge is 0.293 e. The summed E-state index contributed by atoms with van der Waals surface area (Å²) in [5.41, 5.74) is 1.52. The van der Waals surface area contributed by atoms with E-state index in [0.29, 0.717) is 5.92 Å². The normalized spacial score (nSPS) is 10.5. The zero-order valence-corrected chi connectivity index (χ0v) is 13.0. The second-order valence-electron chi connectivity index (χ2n) is 5.30. The number of carbonyl (C=O) groups is 1. The first-order valence-corrected chi connectivity index (χ1v) is 7.15. The van der Waals surface area contributed by atoms with Crippen LogP contribution in [0.5, 0.6) is 5.75 Å². The molecule has 0 saturated heterocycles. The Kier molecular flexibility index (Phi) is 4.99. The van der Waals surface area contributed by atoms with Crippen LogP contribution in [0, 0.1) is 0 Å². The highest BCUT2D eigenvalue weighted by Gasteiger charge is 2.11. The Morgan fingerprint density at radius 2 is 1.95 bits per heavy atom. The van der Waals surface area contributed by atoms with E-state index in [1.165, 1.54) is 11.7 Å². The molecule has 2 rings (SSSR count). The number of anilines is 1. The van der Waals surface area contributed by atoms with Gasteiger partial charge in [-0.1, -0.05) is 32.0 Å². The Morgan fingerprint density at radius 1 is 1.23 bits per heavy atom. The number of para-hydroxylation sites is 1. The molecule has 0 aliphatic carbocycles. The molecule has 5 heteroatoms. The molecule has 22 heavy (non-hydrogen) atoms. The highest BCUT2D eigenvalue weighted by molar-refractivity contribution is 5.91. The van der Waals surface area contributed by atoms with E-state index in [1.807, 2.05) is 24.3 Å². The van der Waals surface area contributed by atoms with Crippen LogP contribution in [0.25, 0.3) is 0 Å². The fourth-order valence-electron chi connectivity index (χ4n) is 2.25. The zero-order chi connectivity index (χ0) is 16.1. The van der Waals surface area contributed by atoms with Crippen LogP contribution in [0.4, 0.5) is 5.69 Å². The molecule has 116 valence electrons. The third kappa shape index (κ3) is 3.55. The molecule has 1 N–H and O–H groups in total. The molecule has 0 saturated carbocycles. The number of benzene rings is 1. The van der Waals surface area contributed by atoms with Crippen LogP contribution in [0.3, 0.4) is 0 Å². The van der Waals surface area contributed by atoms with Gasteiger partial charge >= 0.3 is 0 Å². The predicted molar refractivity (Wildman–Crippen MR) is 86.4 cm³/mol. The molecular formula is C17H20N2O3. The van der Waals surface area contributed by atoms with Gasteiger partial charge in [-0.25, -0.2) is 0 Å². The molecular weight excluding hydrogens is 280 g/mol. The number of methoxy groups -OCH3 is 1. The number of hydrogen-bond donors (Lipinski definition) is 1. The molecule has 0 radical (unpaired) electrons. The summed E-state index contributed by atoms with van der Waals surface area (Å²) in [6.45, 7) is 4.08. The van der Waals surface area contributed by atoms with Crippen molar-refractivity contribution in [2.24, 2.45) is 0 Å². The number of rotatable bonds is 5. The van der Waals surface area contributed by atoms with Gasteiger partial charge in [-0.15, -0.1) is 0 Å². The molecule has 0 unspecified atom stereocenters. The minimum atomic E-state index is -0.322. The van der Waals surface area contributed by atoms with Crippen molar-refractivity contribution in [2.45, 2.75) is 26.3 Å². The van der Waals surface area contributed by atoms with Crippen molar-refractivity contribution >= 4 is 11.6 Å². The maximum absolute atomic E-state index is 12.2. The molecule has 0 aliphatic rings. The monoisotopic (exact) mass is 300 g/mol. The third-order valence-corrected chi connectivity index (χ3v) is 3.38. The van der Waals surface area contributed by atoms with Crippen molar-refractivity contribution in [3.8, 4) is 5.75 Å². The molecule has 1 heterocycles. The predicted octanol–water partition coefficient (Wildman–Crippen LogP) is 2.62. The van der Waals surface area contributed by atoms with E-state index in [2.05, 4.69) is 19.2 Å². The Balaban J connectivity index is 2.16. The van der Waals surface area contributed by atoms with Gasteiger partial charge in [0.05, 0.1) is 7.11 Å². The second-order valence-corrected chi connectivity index (χ2v) is 5.30. The lowest BCUT2D eigenvalue weighted by molar-refractivity contribution is -0.116. The summed E-state index contributed by atoms with van der Waals surface area (Å²) in [7, 11) is 1.43. The first-order chi connectivity index (χ1) is 10.5. The van der Waals surface area contributed by atoms with E-state index in [0.717, 1.165) is 11.3 Å². The highest BCUT2D eigenvalue weighted by Crippen LogP contribution is 2.23. The van der Waals surface area contributed by atoms with Gasteiger partial charge in [-0.3, -0.25) is 9.59 Å². The van der Waals surface area contributed by atoms with Crippen LogP contribution < -0.4 is 15.6 Å². The van der Waals surface area contributed by atoms with Crippen LogP contribution in [-0.2, 0) is 11.3 Å². The lowest BCUT2D eigenvalue weighted by Gasteiger charge is -2.14. The third-order valence-electron chi connectivity index (χ3n) is 3.38. The summed E-state index contributed by atoms with van der Waals surface area (Å²) in [5.74, 6) is 0.275. The van der Waals surface area contributed by atoms with Crippen LogP contribution in [0.2, 0.25) is 0 Å². The molecule has 1 aromatic heterocycles. The van der Waals surface area contributed by atoms with Gasteiger partial charge in [0.25, 0.3) is 5.56 Å². The van der Waals surface area contributed by atoms with Gasteiger partial charge in [-0.05, 0) is 29.7 Å². The van der Waals surface area contributed by atoms with E-state index in [4.69, 9.17) is 4.74 Å². The topological polar surface area (TPSA) is 60.3 Å². The second kappa shape index (κ2) is 6.93. The Morgan fingerprint density at radius 3 is 2.64 bits per heavy atom. The van der Waals surface area contributed by atoms with Crippen LogP contribution >= 0.6 is 0 Å². The summed E-state index contributed by atoms with van der Waals surface area (Å²) in [4.78, 5) is 24.2. The van der Waals surface area contributed by atoms with Crippen molar-refractivity contribution in [3.63, 3.8) is 0 Å². The number of amides is 1. The average molecular weight is 300 g/mol. The molecule has 0 aliphatic heterocycles. The Bertz CT molecular complexity index is 720. The number of pyridine rings is 1. The number of ether oxygens (including phenoxy) is 1. The first kappa shape index (κ1) is 15.8. The molecule has 0 spiro atoms. The number of hydrogen-bond acceptors (Lipinski definition) is 3. The van der Waals surface area contributed by atoms with Gasteiger partial charge in [0.1, 0.15) is 6.54 Å². The zero-order valence-electron chi connectivity index (χ0n) is 13.0. The van der Waals surface area contributed by atoms with Crippen molar-refractivity contribution in [2.75, 3.05) is 12.4 Å². The summed E-state index contributed by atoms with van der Waals surface area (Å²) >= 11 is 0. The van der Waals surface area contributed by atoms with E-state index < -0.39 is 0 Å². The van der Waals surface area contributed by atoms with Gasteiger partial charge < -0.3 is 14.6 Å². The number of aromatic nitrogens is 1. The molecule has 2 aromatic rings. The summed E-state index contributed by atoms with van der Waals surface area (Å²) in [6, 6.07) is 10.9. The summed E-state index contributed by atoms with van der Waals surface area (Å²) in [5, 5.41) is 2.87. The highest BCUT2D eigenvalue weighted by atomic mass is 16.5. The molecule has 0 bridgehead atoms. The average Bonchev–Trinajstić information content (AvgIpc) is 2.49. The fourth-order valence-corrected chi connectivity index (χ4v) is 2.25. The van der Waals surface area contributed by atoms with Gasteiger partial charge in [0, 0.05) is 11.9 Å². The quantitative estimate of drug-likeness (QED) is 0.923. The van der Waals surface area contributed by atoms with Crippen LogP contribution in [0.15, 0.2) is 47.4 Å². The van der Waals surface area contributed by atoms with E-state index in [1.54, 1.807) is 18.3 Å². The van der Waals surface area contributed by atoms with Crippen LogP contribution in [-0.4, -0.2) is 17.6 Å². The number of carbonyl (C=O) groups excluding carboxylic acids is 1. The van der Waals surface area contributed by atoms with Crippen LogP contribution in [0.1, 0.15) is 25.3 Å². The lowest BCUT2D eigenvalue weighted by Crippen LogP contribution is -2.28. The lowest BCUT2D eigenvalue weighted by atomic mass is 10.0. The minimum Gasteiger partial charge on any atom is -0.491 e. The Labute approximate surface area is 129 Å². The van der Waals surface area contributed by atoms with Crippen molar-refractivity contribution in [1.29, 1.82) is 0 Å². The minimum absolute atomic E-state index is 0.0531. The van der Waals surface area contributed by atoms with Gasteiger partial charge in [-0.2, -0.15) is 0 Å². The maximum atomic E-state index is 12.2. The van der Waals surface area contributed by atoms with Crippen molar-refractivity contribution in [3.05, 3.63) is 58.5 Å². The van der Waals surface area contributed by atoms with Gasteiger partial charge in [0.15, 0.2) is 5.75 Å².